The van der Waals surface area contributed by atoms with Crippen LogP contribution in [0.15, 0.2) is 35.8 Å². The van der Waals surface area contributed by atoms with Crippen molar-refractivity contribution in [2.75, 3.05) is 26.3 Å². The summed E-state index contributed by atoms with van der Waals surface area (Å²) in [5.41, 5.74) is 3.49. The van der Waals surface area contributed by atoms with Crippen molar-refractivity contribution in [2.24, 2.45) is 0 Å². The molecular weight excluding hydrogens is 342 g/mol. The van der Waals surface area contributed by atoms with Crippen molar-refractivity contribution in [1.29, 1.82) is 0 Å². The van der Waals surface area contributed by atoms with Crippen LogP contribution in [0, 0.1) is 0 Å². The number of hydrogen-bond acceptors (Lipinski definition) is 5. The Morgan fingerprint density at radius 2 is 2.15 bits per heavy atom. The Morgan fingerprint density at radius 1 is 1.27 bits per heavy atom. The predicted molar refractivity (Wildman–Crippen MR) is 104 cm³/mol. The summed E-state index contributed by atoms with van der Waals surface area (Å²) in [6, 6.07) is 10.2. The van der Waals surface area contributed by atoms with Gasteiger partial charge in [0.2, 0.25) is 0 Å². The van der Waals surface area contributed by atoms with Crippen molar-refractivity contribution in [3.8, 4) is 0 Å². The second-order valence-electron chi connectivity index (χ2n) is 8.05. The number of hydrogen-bond donors (Lipinski definition) is 1. The van der Waals surface area contributed by atoms with Crippen molar-refractivity contribution in [2.45, 2.75) is 49.7 Å². The van der Waals surface area contributed by atoms with Crippen molar-refractivity contribution < 1.29 is 4.74 Å². The van der Waals surface area contributed by atoms with Crippen LogP contribution in [0.3, 0.4) is 0 Å². The Balaban J connectivity index is 1.31. The van der Waals surface area contributed by atoms with E-state index in [9.17, 15) is 0 Å². The minimum Gasteiger partial charge on any atom is -0.380 e. The molecule has 4 nitrogen and oxygen atoms in total. The molecule has 138 valence electrons. The monoisotopic (exact) mass is 369 g/mol. The van der Waals surface area contributed by atoms with Crippen LogP contribution in [-0.4, -0.2) is 42.2 Å². The summed E-state index contributed by atoms with van der Waals surface area (Å²) in [4.78, 5) is 7.04. The van der Waals surface area contributed by atoms with Crippen LogP contribution >= 0.6 is 11.3 Å². The van der Waals surface area contributed by atoms with E-state index in [-0.39, 0.29) is 0 Å². The molecule has 1 aliphatic carbocycles. The predicted octanol–water partition coefficient (Wildman–Crippen LogP) is 3.50. The van der Waals surface area contributed by atoms with Crippen LogP contribution < -0.4 is 5.32 Å². The molecule has 3 aliphatic rings. The number of fused-ring (bicyclic) bond motifs is 2. The Morgan fingerprint density at radius 3 is 2.92 bits per heavy atom. The summed E-state index contributed by atoms with van der Waals surface area (Å²) in [5.74, 6) is 0. The molecule has 0 bridgehead atoms. The van der Waals surface area contributed by atoms with E-state index in [1.807, 2.05) is 6.20 Å². The lowest BCUT2D eigenvalue weighted by atomic mass is 9.73. The molecule has 2 saturated heterocycles. The zero-order valence-corrected chi connectivity index (χ0v) is 16.0. The van der Waals surface area contributed by atoms with Crippen molar-refractivity contribution >= 4 is 11.3 Å². The van der Waals surface area contributed by atoms with E-state index in [0.29, 0.717) is 17.5 Å². The number of nitrogens with one attached hydrogen (secondary N) is 1. The molecule has 2 fully saturated rings. The molecule has 2 aromatic rings. The minimum atomic E-state index is 0.354. The largest absolute Gasteiger partial charge is 0.380 e. The number of ether oxygens (including phenoxy) is 1. The van der Waals surface area contributed by atoms with Gasteiger partial charge in [-0.25, -0.2) is 4.98 Å². The van der Waals surface area contributed by atoms with Gasteiger partial charge in [0.05, 0.1) is 13.2 Å². The molecule has 3 heterocycles. The van der Waals surface area contributed by atoms with Crippen molar-refractivity contribution in [3.05, 3.63) is 52.0 Å². The summed E-state index contributed by atoms with van der Waals surface area (Å²) in [5, 5.41) is 7.23. The SMILES string of the molecule is c1ccc2c(c1)C(NC1CCOC1)CC21CCN(Cc2nccs2)CC1. The fourth-order valence-corrected chi connectivity index (χ4v) is 5.79. The fourth-order valence-electron chi connectivity index (χ4n) is 5.13. The van der Waals surface area contributed by atoms with Crippen LogP contribution in [0.25, 0.3) is 0 Å². The lowest BCUT2D eigenvalue weighted by molar-refractivity contribution is 0.144. The molecule has 2 aliphatic heterocycles. The average molecular weight is 370 g/mol. The maximum absolute atomic E-state index is 5.58. The van der Waals surface area contributed by atoms with Crippen LogP contribution in [-0.2, 0) is 16.7 Å². The first-order valence-electron chi connectivity index (χ1n) is 9.86. The van der Waals surface area contributed by atoms with Gasteiger partial charge in [0, 0.05) is 30.3 Å². The summed E-state index contributed by atoms with van der Waals surface area (Å²) >= 11 is 1.77. The molecule has 2 atom stereocenters. The maximum atomic E-state index is 5.58. The highest BCUT2D eigenvalue weighted by Gasteiger charge is 2.45. The molecule has 0 amide bonds. The molecule has 26 heavy (non-hydrogen) atoms. The molecule has 1 aromatic carbocycles. The standard InChI is InChI=1S/C21H27N3OS/c1-2-4-18-17(3-1)19(23-16-5-11-25-15-16)13-21(18)6-9-24(10-7-21)14-20-22-8-12-26-20/h1-4,8,12,16,19,23H,5-7,9-11,13-15H2. The highest BCUT2D eigenvalue weighted by molar-refractivity contribution is 7.09. The van der Waals surface area contributed by atoms with Gasteiger partial charge in [0.1, 0.15) is 5.01 Å². The number of rotatable bonds is 4. The summed E-state index contributed by atoms with van der Waals surface area (Å²) in [6.45, 7) is 5.13. The van der Waals surface area contributed by atoms with Crippen LogP contribution in [0.4, 0.5) is 0 Å². The zero-order chi connectivity index (χ0) is 17.4. The Hall–Kier alpha value is -1.27. The highest BCUT2D eigenvalue weighted by Crippen LogP contribution is 2.51. The summed E-state index contributed by atoms with van der Waals surface area (Å²) in [6.07, 6.45) is 6.83. The van der Waals surface area contributed by atoms with E-state index in [0.717, 1.165) is 26.2 Å². The van der Waals surface area contributed by atoms with E-state index in [4.69, 9.17) is 4.74 Å². The Bertz CT molecular complexity index is 733. The van der Waals surface area contributed by atoms with E-state index in [1.54, 1.807) is 16.9 Å². The number of nitrogens with zero attached hydrogens (tertiary/aromatic N) is 2. The molecule has 5 heteroatoms. The van der Waals surface area contributed by atoms with Gasteiger partial charge in [-0.3, -0.25) is 4.90 Å². The third-order valence-corrected chi connectivity index (χ3v) is 7.29. The van der Waals surface area contributed by atoms with Crippen molar-refractivity contribution in [3.63, 3.8) is 0 Å². The van der Waals surface area contributed by atoms with E-state index in [1.165, 1.54) is 42.9 Å². The fraction of sp³-hybridized carbons (Fsp3) is 0.571. The number of piperidine rings is 1. The number of likely N-dealkylation sites (tertiary alicyclic amines) is 1. The highest BCUT2D eigenvalue weighted by atomic mass is 32.1. The van der Waals surface area contributed by atoms with Gasteiger partial charge in [0.15, 0.2) is 0 Å². The average Bonchev–Trinajstić information content (AvgIpc) is 3.41. The molecular formula is C21H27N3OS. The minimum absolute atomic E-state index is 0.354. The molecule has 1 spiro atoms. The third-order valence-electron chi connectivity index (χ3n) is 6.52. The number of thiazole rings is 1. The van der Waals surface area contributed by atoms with Crippen LogP contribution in [0.2, 0.25) is 0 Å². The molecule has 1 N–H and O–H groups in total. The first-order chi connectivity index (χ1) is 12.8. The molecule has 1 aromatic heterocycles. The third kappa shape index (κ3) is 3.11. The van der Waals surface area contributed by atoms with Gasteiger partial charge in [0.25, 0.3) is 0 Å². The smallest absolute Gasteiger partial charge is 0.107 e. The van der Waals surface area contributed by atoms with Gasteiger partial charge in [-0.15, -0.1) is 11.3 Å². The van der Waals surface area contributed by atoms with E-state index < -0.39 is 0 Å². The molecule has 2 unspecified atom stereocenters. The Labute approximate surface area is 159 Å². The second-order valence-corrected chi connectivity index (χ2v) is 9.03. The lowest BCUT2D eigenvalue weighted by Crippen LogP contribution is -2.42. The van der Waals surface area contributed by atoms with Crippen LogP contribution in [0.1, 0.15) is 47.9 Å². The van der Waals surface area contributed by atoms with Gasteiger partial charge in [-0.1, -0.05) is 24.3 Å². The molecule has 0 saturated carbocycles. The summed E-state index contributed by atoms with van der Waals surface area (Å²) in [7, 11) is 0. The topological polar surface area (TPSA) is 37.4 Å². The van der Waals surface area contributed by atoms with Gasteiger partial charge < -0.3 is 10.1 Å². The lowest BCUT2D eigenvalue weighted by Gasteiger charge is -2.40. The maximum Gasteiger partial charge on any atom is 0.107 e. The van der Waals surface area contributed by atoms with E-state index >= 15 is 0 Å². The molecule has 5 rings (SSSR count). The Kier molecular flexibility index (Phi) is 4.57. The van der Waals surface area contributed by atoms with Gasteiger partial charge >= 0.3 is 0 Å². The number of benzene rings is 1. The van der Waals surface area contributed by atoms with Crippen LogP contribution in [0.5, 0.6) is 0 Å². The second kappa shape index (κ2) is 7.04. The normalized spacial score (nSPS) is 27.8. The van der Waals surface area contributed by atoms with Gasteiger partial charge in [-0.05, 0) is 55.3 Å². The quantitative estimate of drug-likeness (QED) is 0.895. The first kappa shape index (κ1) is 16.9. The van der Waals surface area contributed by atoms with Gasteiger partial charge in [-0.2, -0.15) is 0 Å². The molecule has 0 radical (unpaired) electrons. The first-order valence-corrected chi connectivity index (χ1v) is 10.7. The van der Waals surface area contributed by atoms with Crippen molar-refractivity contribution in [1.82, 2.24) is 15.2 Å². The summed E-state index contributed by atoms with van der Waals surface area (Å²) < 4.78 is 5.58. The number of aromatic nitrogens is 1. The van der Waals surface area contributed by atoms with E-state index in [2.05, 4.69) is 44.8 Å². The zero-order valence-electron chi connectivity index (χ0n) is 15.2.